The molecule has 0 bridgehead atoms. The van der Waals surface area contributed by atoms with Crippen molar-refractivity contribution in [3.8, 4) is 0 Å². The van der Waals surface area contributed by atoms with Gasteiger partial charge in [0.05, 0.1) is 23.4 Å². The van der Waals surface area contributed by atoms with Crippen molar-refractivity contribution in [3.05, 3.63) is 32.3 Å². The number of fused-ring (bicyclic) bond motifs is 1. The maximum absolute atomic E-state index is 11.7. The number of halogens is 1. The summed E-state index contributed by atoms with van der Waals surface area (Å²) < 4.78 is 8.73. The van der Waals surface area contributed by atoms with E-state index in [1.165, 1.54) is 11.3 Å². The first-order chi connectivity index (χ1) is 7.22. The molecule has 0 aliphatic rings. The van der Waals surface area contributed by atoms with Crippen molar-refractivity contribution in [1.29, 1.82) is 0 Å². The number of hydrogen-bond donors (Lipinski definition) is 0. The van der Waals surface area contributed by atoms with Gasteiger partial charge in [0.25, 0.3) is 0 Å². The summed E-state index contributed by atoms with van der Waals surface area (Å²) in [5.74, 6) is 0. The minimum absolute atomic E-state index is 0.0696. The van der Waals surface area contributed by atoms with Crippen LogP contribution in [0.5, 0.6) is 0 Å². The second-order valence-electron chi connectivity index (χ2n) is 3.12. The van der Waals surface area contributed by atoms with Crippen LogP contribution in [-0.2, 0) is 11.3 Å². The third-order valence-electron chi connectivity index (χ3n) is 2.15. The van der Waals surface area contributed by atoms with E-state index in [1.807, 2.05) is 18.2 Å². The van der Waals surface area contributed by atoms with Crippen molar-refractivity contribution < 1.29 is 4.74 Å². The fourth-order valence-corrected chi connectivity index (χ4v) is 2.68. The molecule has 0 spiro atoms. The van der Waals surface area contributed by atoms with Crippen molar-refractivity contribution in [2.24, 2.45) is 0 Å². The minimum atomic E-state index is 0.0696. The van der Waals surface area contributed by atoms with E-state index >= 15 is 0 Å². The van der Waals surface area contributed by atoms with E-state index in [0.717, 1.165) is 14.7 Å². The van der Waals surface area contributed by atoms with Gasteiger partial charge < -0.3 is 4.74 Å². The van der Waals surface area contributed by atoms with Gasteiger partial charge in [0, 0.05) is 11.6 Å². The van der Waals surface area contributed by atoms with Crippen LogP contribution >= 0.6 is 27.3 Å². The molecule has 0 amide bonds. The fraction of sp³-hybridized carbons (Fsp3) is 0.300. The molecule has 0 unspecified atom stereocenters. The van der Waals surface area contributed by atoms with Gasteiger partial charge in [0.2, 0.25) is 0 Å². The van der Waals surface area contributed by atoms with Crippen LogP contribution in [0.25, 0.3) is 10.2 Å². The van der Waals surface area contributed by atoms with E-state index < -0.39 is 0 Å². The van der Waals surface area contributed by atoms with Crippen LogP contribution in [0.1, 0.15) is 0 Å². The molecule has 0 aliphatic carbocycles. The second kappa shape index (κ2) is 4.47. The zero-order valence-electron chi connectivity index (χ0n) is 8.20. The van der Waals surface area contributed by atoms with Gasteiger partial charge in [0.1, 0.15) is 0 Å². The summed E-state index contributed by atoms with van der Waals surface area (Å²) in [5.41, 5.74) is 0.969. The Hall–Kier alpha value is -0.650. The first-order valence-electron chi connectivity index (χ1n) is 4.50. The SMILES string of the molecule is COCCn1c(=O)sc2ccc(Br)cc21. The quantitative estimate of drug-likeness (QED) is 0.868. The molecular weight excluding hydrogens is 278 g/mol. The highest BCUT2D eigenvalue weighted by Crippen LogP contribution is 2.21. The lowest BCUT2D eigenvalue weighted by Crippen LogP contribution is -2.15. The summed E-state index contributed by atoms with van der Waals surface area (Å²) in [7, 11) is 1.63. The molecule has 1 aromatic heterocycles. The average Bonchev–Trinajstić information content (AvgIpc) is 2.51. The zero-order valence-corrected chi connectivity index (χ0v) is 10.6. The normalized spacial score (nSPS) is 11.1. The topological polar surface area (TPSA) is 31.2 Å². The monoisotopic (exact) mass is 287 g/mol. The molecule has 0 aliphatic heterocycles. The third-order valence-corrected chi connectivity index (χ3v) is 3.60. The molecule has 0 fully saturated rings. The average molecular weight is 288 g/mol. The number of ether oxygens (including phenoxy) is 1. The van der Waals surface area contributed by atoms with E-state index in [4.69, 9.17) is 4.74 Å². The van der Waals surface area contributed by atoms with Crippen LogP contribution in [0.15, 0.2) is 27.5 Å². The van der Waals surface area contributed by atoms with Gasteiger partial charge in [-0.25, -0.2) is 0 Å². The number of nitrogens with zero attached hydrogens (tertiary/aromatic N) is 1. The molecule has 3 nitrogen and oxygen atoms in total. The number of benzene rings is 1. The maximum Gasteiger partial charge on any atom is 0.308 e. The summed E-state index contributed by atoms with van der Waals surface area (Å²) in [6.45, 7) is 1.16. The second-order valence-corrected chi connectivity index (χ2v) is 5.03. The van der Waals surface area contributed by atoms with Crippen LogP contribution < -0.4 is 4.87 Å². The summed E-state index contributed by atoms with van der Waals surface area (Å²) in [6.07, 6.45) is 0. The molecule has 1 heterocycles. The molecule has 5 heteroatoms. The van der Waals surface area contributed by atoms with Crippen molar-refractivity contribution in [2.75, 3.05) is 13.7 Å². The van der Waals surface area contributed by atoms with Gasteiger partial charge >= 0.3 is 4.87 Å². The Morgan fingerprint density at radius 3 is 3.07 bits per heavy atom. The van der Waals surface area contributed by atoms with E-state index in [0.29, 0.717) is 13.2 Å². The lowest BCUT2D eigenvalue weighted by Gasteiger charge is -2.02. The van der Waals surface area contributed by atoms with E-state index in [9.17, 15) is 4.79 Å². The van der Waals surface area contributed by atoms with E-state index in [-0.39, 0.29) is 4.87 Å². The number of aromatic nitrogens is 1. The van der Waals surface area contributed by atoms with E-state index in [1.54, 1.807) is 11.7 Å². The predicted octanol–water partition coefficient (Wildman–Crippen LogP) is 2.47. The van der Waals surface area contributed by atoms with Crippen LogP contribution in [0.2, 0.25) is 0 Å². The highest BCUT2D eigenvalue weighted by atomic mass is 79.9. The maximum atomic E-state index is 11.7. The van der Waals surface area contributed by atoms with Crippen molar-refractivity contribution >= 4 is 37.5 Å². The van der Waals surface area contributed by atoms with Crippen LogP contribution in [0.3, 0.4) is 0 Å². The fourth-order valence-electron chi connectivity index (χ4n) is 1.43. The molecule has 2 aromatic rings. The van der Waals surface area contributed by atoms with Gasteiger partial charge in [-0.2, -0.15) is 0 Å². The molecule has 0 N–H and O–H groups in total. The lowest BCUT2D eigenvalue weighted by molar-refractivity contribution is 0.188. The molecule has 80 valence electrons. The zero-order chi connectivity index (χ0) is 10.8. The molecule has 2 rings (SSSR count). The van der Waals surface area contributed by atoms with Crippen molar-refractivity contribution in [2.45, 2.75) is 6.54 Å². The predicted molar refractivity (Wildman–Crippen MR) is 65.7 cm³/mol. The van der Waals surface area contributed by atoms with Gasteiger partial charge in [0.15, 0.2) is 0 Å². The smallest absolute Gasteiger partial charge is 0.308 e. The molecular formula is C10H10BrNO2S. The molecule has 0 saturated heterocycles. The molecule has 0 atom stereocenters. The van der Waals surface area contributed by atoms with Crippen LogP contribution in [0.4, 0.5) is 0 Å². The van der Waals surface area contributed by atoms with Crippen molar-refractivity contribution in [1.82, 2.24) is 4.57 Å². The Bertz CT molecular complexity index is 532. The Labute approximate surface area is 99.4 Å². The van der Waals surface area contributed by atoms with E-state index in [2.05, 4.69) is 15.9 Å². The van der Waals surface area contributed by atoms with Gasteiger partial charge in [-0.05, 0) is 18.2 Å². The number of thiazole rings is 1. The minimum Gasteiger partial charge on any atom is -0.383 e. The highest BCUT2D eigenvalue weighted by molar-refractivity contribution is 9.10. The third kappa shape index (κ3) is 2.14. The van der Waals surface area contributed by atoms with Gasteiger partial charge in [-0.15, -0.1) is 0 Å². The number of rotatable bonds is 3. The first-order valence-corrected chi connectivity index (χ1v) is 6.11. The Kier molecular flexibility index (Phi) is 3.23. The lowest BCUT2D eigenvalue weighted by atomic mass is 10.3. The Morgan fingerprint density at radius 2 is 2.33 bits per heavy atom. The summed E-state index contributed by atoms with van der Waals surface area (Å²) in [6, 6.07) is 5.86. The molecule has 0 saturated carbocycles. The summed E-state index contributed by atoms with van der Waals surface area (Å²) in [5, 5.41) is 0. The Balaban J connectivity index is 2.55. The van der Waals surface area contributed by atoms with Crippen molar-refractivity contribution in [3.63, 3.8) is 0 Å². The van der Waals surface area contributed by atoms with Crippen LogP contribution in [-0.4, -0.2) is 18.3 Å². The highest BCUT2D eigenvalue weighted by Gasteiger charge is 2.06. The summed E-state index contributed by atoms with van der Waals surface area (Å²) >= 11 is 4.67. The number of methoxy groups -OCH3 is 1. The molecule has 0 radical (unpaired) electrons. The molecule has 15 heavy (non-hydrogen) atoms. The molecule has 1 aromatic carbocycles. The number of hydrogen-bond acceptors (Lipinski definition) is 3. The summed E-state index contributed by atoms with van der Waals surface area (Å²) in [4.78, 5) is 11.7. The van der Waals surface area contributed by atoms with Gasteiger partial charge in [-0.3, -0.25) is 9.36 Å². The Morgan fingerprint density at radius 1 is 1.53 bits per heavy atom. The first kappa shape index (κ1) is 10.9. The van der Waals surface area contributed by atoms with Gasteiger partial charge in [-0.1, -0.05) is 27.3 Å². The largest absolute Gasteiger partial charge is 0.383 e. The standard InChI is InChI=1S/C10H10BrNO2S/c1-14-5-4-12-8-6-7(11)2-3-9(8)15-10(12)13/h2-3,6H,4-5H2,1H3. The van der Waals surface area contributed by atoms with Crippen LogP contribution in [0, 0.1) is 0 Å².